The van der Waals surface area contributed by atoms with Crippen molar-refractivity contribution >= 4 is 11.8 Å². The second kappa shape index (κ2) is 5.10. The van der Waals surface area contributed by atoms with Gasteiger partial charge in [0.1, 0.15) is 0 Å². The standard InChI is InChI=1S/C13H16N2O2/c1-10-3-2-4-11(7-10)5-6-15-8-12(16)14-13(17)9-15/h2-4,7H,5-6,8-9H2,1H3,(H,14,16,17). The second-order valence-electron chi connectivity index (χ2n) is 4.42. The largest absolute Gasteiger partial charge is 0.294 e. The van der Waals surface area contributed by atoms with Crippen LogP contribution in [0.15, 0.2) is 24.3 Å². The van der Waals surface area contributed by atoms with Crippen molar-refractivity contribution in [2.24, 2.45) is 0 Å². The van der Waals surface area contributed by atoms with E-state index >= 15 is 0 Å². The number of nitrogens with zero attached hydrogens (tertiary/aromatic N) is 1. The van der Waals surface area contributed by atoms with E-state index in [1.807, 2.05) is 11.0 Å². The van der Waals surface area contributed by atoms with Gasteiger partial charge in [0, 0.05) is 6.54 Å². The first-order chi connectivity index (χ1) is 8.13. The van der Waals surface area contributed by atoms with Crippen LogP contribution in [-0.4, -0.2) is 36.3 Å². The maximum absolute atomic E-state index is 11.2. The molecule has 0 radical (unpaired) electrons. The van der Waals surface area contributed by atoms with Crippen molar-refractivity contribution in [2.45, 2.75) is 13.3 Å². The van der Waals surface area contributed by atoms with Crippen LogP contribution < -0.4 is 5.32 Å². The zero-order chi connectivity index (χ0) is 12.3. The van der Waals surface area contributed by atoms with Crippen LogP contribution in [0.3, 0.4) is 0 Å². The van der Waals surface area contributed by atoms with E-state index in [0.29, 0.717) is 13.1 Å². The Labute approximate surface area is 101 Å². The molecule has 1 heterocycles. The van der Waals surface area contributed by atoms with E-state index in [0.717, 1.165) is 13.0 Å². The number of amides is 2. The molecule has 0 saturated carbocycles. The molecule has 17 heavy (non-hydrogen) atoms. The van der Waals surface area contributed by atoms with E-state index in [2.05, 4.69) is 30.4 Å². The topological polar surface area (TPSA) is 49.4 Å². The first kappa shape index (κ1) is 11.8. The lowest BCUT2D eigenvalue weighted by molar-refractivity contribution is -0.135. The highest BCUT2D eigenvalue weighted by Gasteiger charge is 2.21. The Bertz CT molecular complexity index is 427. The molecule has 1 N–H and O–H groups in total. The van der Waals surface area contributed by atoms with Gasteiger partial charge < -0.3 is 0 Å². The molecule has 0 spiro atoms. The van der Waals surface area contributed by atoms with Gasteiger partial charge in [-0.05, 0) is 18.9 Å². The highest BCUT2D eigenvalue weighted by Crippen LogP contribution is 2.06. The molecule has 0 aliphatic carbocycles. The van der Waals surface area contributed by atoms with Crippen molar-refractivity contribution < 1.29 is 9.59 Å². The van der Waals surface area contributed by atoms with Gasteiger partial charge in [-0.3, -0.25) is 19.8 Å². The Morgan fingerprint density at radius 3 is 2.59 bits per heavy atom. The van der Waals surface area contributed by atoms with Crippen molar-refractivity contribution in [3.63, 3.8) is 0 Å². The van der Waals surface area contributed by atoms with Crippen LogP contribution >= 0.6 is 0 Å². The summed E-state index contributed by atoms with van der Waals surface area (Å²) in [5.41, 5.74) is 2.47. The average molecular weight is 232 g/mol. The first-order valence-electron chi connectivity index (χ1n) is 5.74. The summed E-state index contributed by atoms with van der Waals surface area (Å²) in [4.78, 5) is 24.2. The summed E-state index contributed by atoms with van der Waals surface area (Å²) < 4.78 is 0. The Balaban J connectivity index is 1.89. The zero-order valence-corrected chi connectivity index (χ0v) is 9.90. The van der Waals surface area contributed by atoms with E-state index in [1.54, 1.807) is 0 Å². The predicted octanol–water partition coefficient (Wildman–Crippen LogP) is 0.496. The number of benzene rings is 1. The van der Waals surface area contributed by atoms with Crippen LogP contribution in [0.25, 0.3) is 0 Å². The number of piperazine rings is 1. The van der Waals surface area contributed by atoms with Gasteiger partial charge in [-0.2, -0.15) is 0 Å². The molecule has 2 rings (SSSR count). The van der Waals surface area contributed by atoms with Crippen LogP contribution in [0.4, 0.5) is 0 Å². The van der Waals surface area contributed by atoms with Gasteiger partial charge >= 0.3 is 0 Å². The molecule has 1 aliphatic heterocycles. The number of hydrogen-bond acceptors (Lipinski definition) is 3. The summed E-state index contributed by atoms with van der Waals surface area (Å²) in [6.07, 6.45) is 0.863. The van der Waals surface area contributed by atoms with Crippen LogP contribution in [0, 0.1) is 6.92 Å². The molecule has 0 bridgehead atoms. The van der Waals surface area contributed by atoms with Gasteiger partial charge in [0.25, 0.3) is 0 Å². The molecule has 1 aromatic carbocycles. The first-order valence-corrected chi connectivity index (χ1v) is 5.74. The lowest BCUT2D eigenvalue weighted by atomic mass is 10.1. The third-order valence-corrected chi connectivity index (χ3v) is 2.81. The van der Waals surface area contributed by atoms with Crippen molar-refractivity contribution in [1.29, 1.82) is 0 Å². The summed E-state index contributed by atoms with van der Waals surface area (Å²) in [6, 6.07) is 8.28. The zero-order valence-electron chi connectivity index (χ0n) is 9.90. The SMILES string of the molecule is Cc1cccc(CCN2CC(=O)NC(=O)C2)c1. The Morgan fingerprint density at radius 1 is 1.24 bits per heavy atom. The summed E-state index contributed by atoms with van der Waals surface area (Å²) in [5.74, 6) is -0.406. The Hall–Kier alpha value is -1.68. The van der Waals surface area contributed by atoms with E-state index in [4.69, 9.17) is 0 Å². The molecule has 4 nitrogen and oxygen atoms in total. The minimum Gasteiger partial charge on any atom is -0.294 e. The molecule has 4 heteroatoms. The molecule has 0 unspecified atom stereocenters. The number of imide groups is 1. The molecular formula is C13H16N2O2. The molecular weight excluding hydrogens is 216 g/mol. The minimum absolute atomic E-state index is 0.203. The highest BCUT2D eigenvalue weighted by molar-refractivity contribution is 5.99. The Morgan fingerprint density at radius 2 is 1.94 bits per heavy atom. The maximum Gasteiger partial charge on any atom is 0.240 e. The molecule has 1 aliphatic rings. The number of carbonyl (C=O) groups is 2. The second-order valence-corrected chi connectivity index (χ2v) is 4.42. The minimum atomic E-state index is -0.203. The van der Waals surface area contributed by atoms with Gasteiger partial charge in [0.05, 0.1) is 13.1 Å². The van der Waals surface area contributed by atoms with Gasteiger partial charge in [0.2, 0.25) is 11.8 Å². The number of nitrogens with one attached hydrogen (secondary N) is 1. The predicted molar refractivity (Wildman–Crippen MR) is 64.5 cm³/mol. The highest BCUT2D eigenvalue weighted by atomic mass is 16.2. The third-order valence-electron chi connectivity index (χ3n) is 2.81. The van der Waals surface area contributed by atoms with E-state index in [9.17, 15) is 9.59 Å². The molecule has 2 amide bonds. The van der Waals surface area contributed by atoms with Crippen LogP contribution in [0.5, 0.6) is 0 Å². The molecule has 0 aromatic heterocycles. The van der Waals surface area contributed by atoms with Crippen LogP contribution in [0.1, 0.15) is 11.1 Å². The van der Waals surface area contributed by atoms with Gasteiger partial charge in [-0.25, -0.2) is 0 Å². The van der Waals surface area contributed by atoms with Crippen molar-refractivity contribution in [3.8, 4) is 0 Å². The summed E-state index contributed by atoms with van der Waals surface area (Å²) in [5, 5.41) is 2.30. The fraction of sp³-hybridized carbons (Fsp3) is 0.385. The average Bonchev–Trinajstić information content (AvgIpc) is 2.25. The number of aryl methyl sites for hydroxylation is 1. The molecule has 90 valence electrons. The lowest BCUT2D eigenvalue weighted by Gasteiger charge is -2.25. The van der Waals surface area contributed by atoms with E-state index in [-0.39, 0.29) is 11.8 Å². The smallest absolute Gasteiger partial charge is 0.240 e. The summed E-state index contributed by atoms with van der Waals surface area (Å²) in [7, 11) is 0. The number of carbonyl (C=O) groups excluding carboxylic acids is 2. The number of rotatable bonds is 3. The van der Waals surface area contributed by atoms with E-state index in [1.165, 1.54) is 11.1 Å². The monoisotopic (exact) mass is 232 g/mol. The Kier molecular flexibility index (Phi) is 3.54. The fourth-order valence-electron chi connectivity index (χ4n) is 2.01. The van der Waals surface area contributed by atoms with E-state index < -0.39 is 0 Å². The normalized spacial score (nSPS) is 17.0. The van der Waals surface area contributed by atoms with Gasteiger partial charge in [0.15, 0.2) is 0 Å². The van der Waals surface area contributed by atoms with Crippen LogP contribution in [-0.2, 0) is 16.0 Å². The quantitative estimate of drug-likeness (QED) is 0.772. The summed E-state index contributed by atoms with van der Waals surface area (Å²) in [6.45, 7) is 3.43. The third kappa shape index (κ3) is 3.39. The fourth-order valence-corrected chi connectivity index (χ4v) is 2.01. The van der Waals surface area contributed by atoms with Gasteiger partial charge in [-0.15, -0.1) is 0 Å². The molecule has 1 aromatic rings. The molecule has 1 saturated heterocycles. The van der Waals surface area contributed by atoms with Crippen molar-refractivity contribution in [1.82, 2.24) is 10.2 Å². The van der Waals surface area contributed by atoms with Crippen molar-refractivity contribution in [2.75, 3.05) is 19.6 Å². The van der Waals surface area contributed by atoms with Gasteiger partial charge in [-0.1, -0.05) is 29.8 Å². The van der Waals surface area contributed by atoms with Crippen LogP contribution in [0.2, 0.25) is 0 Å². The molecule has 0 atom stereocenters. The summed E-state index contributed by atoms with van der Waals surface area (Å²) >= 11 is 0. The lowest BCUT2D eigenvalue weighted by Crippen LogP contribution is -2.51. The number of hydrogen-bond donors (Lipinski definition) is 1. The van der Waals surface area contributed by atoms with Crippen molar-refractivity contribution in [3.05, 3.63) is 35.4 Å². The maximum atomic E-state index is 11.2. The molecule has 1 fully saturated rings.